The van der Waals surface area contributed by atoms with E-state index in [1.165, 1.54) is 18.1 Å². The number of aryl methyl sites for hydroxylation is 1. The molecule has 248 valence electrons. The number of piperazine rings is 1. The number of fused-ring (bicyclic) bond motifs is 1. The van der Waals surface area contributed by atoms with Crippen LogP contribution in [0.1, 0.15) is 32.1 Å². The highest BCUT2D eigenvalue weighted by molar-refractivity contribution is 6.05. The molecule has 48 heavy (non-hydrogen) atoms. The van der Waals surface area contributed by atoms with Crippen LogP contribution in [0.2, 0.25) is 0 Å². The van der Waals surface area contributed by atoms with E-state index < -0.39 is 17.6 Å². The van der Waals surface area contributed by atoms with E-state index in [4.69, 9.17) is 9.47 Å². The van der Waals surface area contributed by atoms with E-state index in [1.54, 1.807) is 31.5 Å². The molecule has 13 heteroatoms. The molecule has 3 aromatic heterocycles. The highest BCUT2D eigenvalue weighted by Crippen LogP contribution is 2.30. The average Bonchev–Trinajstić information content (AvgIpc) is 3.43. The summed E-state index contributed by atoms with van der Waals surface area (Å²) in [4.78, 5) is 40.6. The van der Waals surface area contributed by atoms with E-state index in [0.717, 1.165) is 59.7 Å². The zero-order valence-electron chi connectivity index (χ0n) is 26.6. The lowest BCUT2D eigenvalue weighted by atomic mass is 10.1. The number of rotatable bonds is 8. The van der Waals surface area contributed by atoms with Crippen LogP contribution in [0.15, 0.2) is 85.2 Å². The number of ether oxygens (including phenoxy) is 2. The standard InChI is InChI=1S/C35H33F3N6O4/c1-41(33(45)23-4-6-25(7-5-23)35(36,37)38)27-9-13-32(40-20-27)48-28-11-12-30-24(18-28)19-31(42(30)2)34(46)44-16-14-43(15-17-44)22-26-8-10-29(47-3)21-39-26/h4-13,18-21H,14-17,22H2,1-3H3. The van der Waals surface area contributed by atoms with Crippen LogP contribution in [0.25, 0.3) is 10.9 Å². The SMILES string of the molecule is COc1ccc(CN2CCN(C(=O)c3cc4cc(Oc5ccc(N(C)C(=O)c6ccc(C(F)(F)F)cc6)cn5)ccc4n3C)CC2)nc1. The minimum atomic E-state index is -4.48. The van der Waals surface area contributed by atoms with E-state index in [1.807, 2.05) is 46.8 Å². The Morgan fingerprint density at radius 2 is 1.60 bits per heavy atom. The fourth-order valence-electron chi connectivity index (χ4n) is 5.59. The van der Waals surface area contributed by atoms with Crippen molar-refractivity contribution in [3.63, 3.8) is 0 Å². The number of halogens is 3. The summed E-state index contributed by atoms with van der Waals surface area (Å²) >= 11 is 0. The van der Waals surface area contributed by atoms with Crippen LogP contribution in [0, 0.1) is 0 Å². The van der Waals surface area contributed by atoms with Gasteiger partial charge >= 0.3 is 6.18 Å². The number of hydrogen-bond acceptors (Lipinski definition) is 7. The van der Waals surface area contributed by atoms with Crippen molar-refractivity contribution in [2.24, 2.45) is 7.05 Å². The Balaban J connectivity index is 1.07. The maximum atomic E-state index is 13.5. The molecular formula is C35H33F3N6O4. The number of pyridine rings is 2. The van der Waals surface area contributed by atoms with Crippen LogP contribution in [-0.2, 0) is 19.8 Å². The molecule has 0 saturated carbocycles. The van der Waals surface area contributed by atoms with Crippen molar-refractivity contribution >= 4 is 28.4 Å². The molecule has 1 aliphatic heterocycles. The van der Waals surface area contributed by atoms with E-state index >= 15 is 0 Å². The molecular weight excluding hydrogens is 625 g/mol. The van der Waals surface area contributed by atoms with Crippen molar-refractivity contribution in [3.8, 4) is 17.4 Å². The number of carbonyl (C=O) groups is 2. The number of amides is 2. The third-order valence-corrected chi connectivity index (χ3v) is 8.41. The second-order valence-corrected chi connectivity index (χ2v) is 11.5. The number of aromatic nitrogens is 3. The predicted octanol–water partition coefficient (Wildman–Crippen LogP) is 6.02. The summed E-state index contributed by atoms with van der Waals surface area (Å²) in [6.07, 6.45) is -1.33. The van der Waals surface area contributed by atoms with Crippen LogP contribution in [0.3, 0.4) is 0 Å². The van der Waals surface area contributed by atoms with Gasteiger partial charge in [-0.2, -0.15) is 13.2 Å². The third kappa shape index (κ3) is 6.95. The normalized spacial score (nSPS) is 13.8. The van der Waals surface area contributed by atoms with Crippen LogP contribution in [-0.4, -0.2) is 76.5 Å². The monoisotopic (exact) mass is 658 g/mol. The second-order valence-electron chi connectivity index (χ2n) is 11.5. The Bertz CT molecular complexity index is 1920. The van der Waals surface area contributed by atoms with Gasteiger partial charge in [0, 0.05) is 69.4 Å². The molecule has 2 amide bonds. The van der Waals surface area contributed by atoms with Gasteiger partial charge in [-0.15, -0.1) is 0 Å². The van der Waals surface area contributed by atoms with Gasteiger partial charge in [-0.3, -0.25) is 19.5 Å². The minimum absolute atomic E-state index is 0.0365. The fourth-order valence-corrected chi connectivity index (χ4v) is 5.59. The molecule has 0 bridgehead atoms. The predicted molar refractivity (Wildman–Crippen MR) is 173 cm³/mol. The summed E-state index contributed by atoms with van der Waals surface area (Å²) in [5.74, 6) is 0.998. The second kappa shape index (κ2) is 13.4. The average molecular weight is 659 g/mol. The summed E-state index contributed by atoms with van der Waals surface area (Å²) in [5.41, 5.74) is 2.14. The zero-order valence-corrected chi connectivity index (χ0v) is 26.6. The summed E-state index contributed by atoms with van der Waals surface area (Å²) in [6, 6.07) is 18.5. The Hall–Kier alpha value is -5.43. The molecule has 0 radical (unpaired) electrons. The molecule has 6 rings (SSSR count). The summed E-state index contributed by atoms with van der Waals surface area (Å²) in [6.45, 7) is 3.41. The van der Waals surface area contributed by atoms with Gasteiger partial charge in [0.05, 0.1) is 36.4 Å². The number of hydrogen-bond donors (Lipinski definition) is 0. The largest absolute Gasteiger partial charge is 0.495 e. The van der Waals surface area contributed by atoms with Crippen LogP contribution in [0.5, 0.6) is 17.4 Å². The minimum Gasteiger partial charge on any atom is -0.495 e. The topological polar surface area (TPSA) is 93.0 Å². The van der Waals surface area contributed by atoms with Crippen molar-refractivity contribution in [3.05, 3.63) is 108 Å². The molecule has 0 spiro atoms. The lowest BCUT2D eigenvalue weighted by Gasteiger charge is -2.34. The summed E-state index contributed by atoms with van der Waals surface area (Å²) in [7, 11) is 4.99. The maximum Gasteiger partial charge on any atom is 0.416 e. The van der Waals surface area contributed by atoms with Gasteiger partial charge in [0.15, 0.2) is 0 Å². The zero-order chi connectivity index (χ0) is 34.0. The van der Waals surface area contributed by atoms with Gasteiger partial charge in [0.1, 0.15) is 17.2 Å². The first-order chi connectivity index (χ1) is 23.0. The van der Waals surface area contributed by atoms with Crippen molar-refractivity contribution in [2.45, 2.75) is 12.7 Å². The first-order valence-electron chi connectivity index (χ1n) is 15.2. The summed E-state index contributed by atoms with van der Waals surface area (Å²) < 4.78 is 51.7. The molecule has 0 aliphatic carbocycles. The first-order valence-corrected chi connectivity index (χ1v) is 15.2. The quantitative estimate of drug-likeness (QED) is 0.201. The van der Waals surface area contributed by atoms with Crippen LogP contribution >= 0.6 is 0 Å². The molecule has 0 unspecified atom stereocenters. The van der Waals surface area contributed by atoms with Gasteiger partial charge in [0.25, 0.3) is 11.8 Å². The number of carbonyl (C=O) groups excluding carboxylic acids is 2. The van der Waals surface area contributed by atoms with Crippen molar-refractivity contribution in [1.82, 2.24) is 24.3 Å². The van der Waals surface area contributed by atoms with E-state index in [0.29, 0.717) is 36.8 Å². The van der Waals surface area contributed by atoms with Gasteiger partial charge in [-0.1, -0.05) is 0 Å². The maximum absolute atomic E-state index is 13.5. The molecule has 0 atom stereocenters. The summed E-state index contributed by atoms with van der Waals surface area (Å²) in [5, 5.41) is 0.834. The number of benzene rings is 2. The smallest absolute Gasteiger partial charge is 0.416 e. The molecule has 1 fully saturated rings. The van der Waals surface area contributed by atoms with Crippen molar-refractivity contribution < 1.29 is 32.2 Å². The fraction of sp³-hybridized carbons (Fsp3) is 0.257. The van der Waals surface area contributed by atoms with Crippen molar-refractivity contribution in [2.75, 3.05) is 45.2 Å². The van der Waals surface area contributed by atoms with E-state index in [9.17, 15) is 22.8 Å². The highest BCUT2D eigenvalue weighted by atomic mass is 19.4. The molecule has 5 aromatic rings. The Morgan fingerprint density at radius 1 is 0.875 bits per heavy atom. The van der Waals surface area contributed by atoms with Gasteiger partial charge < -0.3 is 23.8 Å². The van der Waals surface area contributed by atoms with E-state index in [2.05, 4.69) is 14.9 Å². The van der Waals surface area contributed by atoms with Gasteiger partial charge in [-0.05, 0) is 66.7 Å². The number of methoxy groups -OCH3 is 1. The van der Waals surface area contributed by atoms with Crippen molar-refractivity contribution in [1.29, 1.82) is 0 Å². The molecule has 2 aromatic carbocycles. The first kappa shape index (κ1) is 32.5. The van der Waals surface area contributed by atoms with Gasteiger partial charge in [-0.25, -0.2) is 4.98 Å². The van der Waals surface area contributed by atoms with Crippen LogP contribution in [0.4, 0.5) is 18.9 Å². The molecule has 10 nitrogen and oxygen atoms in total. The molecule has 4 heterocycles. The Kier molecular flexibility index (Phi) is 9.05. The molecule has 1 aliphatic rings. The van der Waals surface area contributed by atoms with Crippen LogP contribution < -0.4 is 14.4 Å². The lowest BCUT2D eigenvalue weighted by Crippen LogP contribution is -2.48. The van der Waals surface area contributed by atoms with E-state index in [-0.39, 0.29) is 17.4 Å². The lowest BCUT2D eigenvalue weighted by molar-refractivity contribution is -0.137. The highest BCUT2D eigenvalue weighted by Gasteiger charge is 2.30. The Morgan fingerprint density at radius 3 is 2.23 bits per heavy atom. The van der Waals surface area contributed by atoms with Gasteiger partial charge in [0.2, 0.25) is 5.88 Å². The number of anilines is 1. The molecule has 1 saturated heterocycles. The third-order valence-electron chi connectivity index (χ3n) is 8.41. The number of nitrogens with zero attached hydrogens (tertiary/aromatic N) is 6. The number of alkyl halides is 3. The Labute approximate surface area is 274 Å². The molecule has 0 N–H and O–H groups in total.